The van der Waals surface area contributed by atoms with Gasteiger partial charge in [-0.1, -0.05) is 13.8 Å². The van der Waals surface area contributed by atoms with Crippen molar-refractivity contribution in [3.05, 3.63) is 23.6 Å². The van der Waals surface area contributed by atoms with Gasteiger partial charge in [-0.2, -0.15) is 0 Å². The number of halogens is 3. The molecule has 2 N–H and O–H groups in total. The highest BCUT2D eigenvalue weighted by molar-refractivity contribution is 14.1. The van der Waals surface area contributed by atoms with Crippen molar-refractivity contribution in [3.63, 3.8) is 0 Å². The quantitative estimate of drug-likeness (QED) is 0.576. The number of nitrogen functional groups attached to an aromatic ring is 1. The van der Waals surface area contributed by atoms with E-state index in [0.29, 0.717) is 17.6 Å². The second-order valence-electron chi connectivity index (χ2n) is 4.52. The summed E-state index contributed by atoms with van der Waals surface area (Å²) in [5.74, 6) is 1.80. The van der Waals surface area contributed by atoms with Gasteiger partial charge in [0, 0.05) is 4.47 Å². The summed E-state index contributed by atoms with van der Waals surface area (Å²) < 4.78 is 3.01. The van der Waals surface area contributed by atoms with Crippen LogP contribution in [-0.4, -0.2) is 9.97 Å². The van der Waals surface area contributed by atoms with Crippen LogP contribution in [0.4, 0.5) is 5.82 Å². The van der Waals surface area contributed by atoms with Gasteiger partial charge >= 0.3 is 0 Å². The number of aromatic nitrogens is 2. The Balaban J connectivity index is 2.49. The average Bonchev–Trinajstić information content (AvgIpc) is 2.65. The number of nitrogens with zero attached hydrogens (tertiary/aromatic N) is 2. The van der Waals surface area contributed by atoms with E-state index in [2.05, 4.69) is 78.3 Å². The lowest BCUT2D eigenvalue weighted by molar-refractivity contribution is 0.632. The van der Waals surface area contributed by atoms with E-state index >= 15 is 0 Å². The molecule has 2 rings (SSSR count). The Morgan fingerprint density at radius 1 is 1.37 bits per heavy atom. The van der Waals surface area contributed by atoms with Gasteiger partial charge in [-0.05, 0) is 72.9 Å². The van der Waals surface area contributed by atoms with E-state index in [1.807, 2.05) is 6.07 Å². The van der Waals surface area contributed by atoms with Gasteiger partial charge in [0.1, 0.15) is 5.82 Å². The second kappa shape index (κ2) is 6.36. The van der Waals surface area contributed by atoms with Gasteiger partial charge in [0.25, 0.3) is 0 Å². The highest BCUT2D eigenvalue weighted by Gasteiger charge is 2.15. The van der Waals surface area contributed by atoms with Crippen LogP contribution in [0.5, 0.6) is 0 Å². The Morgan fingerprint density at radius 2 is 2.05 bits per heavy atom. The highest BCUT2D eigenvalue weighted by Crippen LogP contribution is 2.37. The number of hydrogen-bond acceptors (Lipinski definition) is 4. The molecule has 0 spiro atoms. The standard InChI is InChI=1S/C12H12Br2IN3S/c1-5(2)3-7-9(15)11(16)18-12(17-7)8-4-6(13)10(14)19-8/h4-5H,3H2,1-2H3,(H2,16,17,18). The summed E-state index contributed by atoms with van der Waals surface area (Å²) in [5.41, 5.74) is 7.03. The van der Waals surface area contributed by atoms with Gasteiger partial charge in [0.15, 0.2) is 5.82 Å². The summed E-state index contributed by atoms with van der Waals surface area (Å²) in [6.07, 6.45) is 0.908. The smallest absolute Gasteiger partial charge is 0.172 e. The van der Waals surface area contributed by atoms with Crippen molar-refractivity contribution in [3.8, 4) is 10.7 Å². The lowest BCUT2D eigenvalue weighted by Gasteiger charge is -2.10. The van der Waals surface area contributed by atoms with E-state index in [9.17, 15) is 0 Å². The van der Waals surface area contributed by atoms with Crippen molar-refractivity contribution in [2.45, 2.75) is 20.3 Å². The minimum Gasteiger partial charge on any atom is -0.383 e. The van der Waals surface area contributed by atoms with Crippen LogP contribution in [0.3, 0.4) is 0 Å². The van der Waals surface area contributed by atoms with Crippen LogP contribution in [0.15, 0.2) is 14.3 Å². The van der Waals surface area contributed by atoms with Crippen LogP contribution in [0, 0.1) is 9.49 Å². The van der Waals surface area contributed by atoms with E-state index in [-0.39, 0.29) is 0 Å². The molecule has 0 radical (unpaired) electrons. The summed E-state index contributed by atoms with van der Waals surface area (Å²) in [7, 11) is 0. The van der Waals surface area contributed by atoms with Gasteiger partial charge in [0.05, 0.1) is 17.9 Å². The van der Waals surface area contributed by atoms with E-state index in [1.54, 1.807) is 11.3 Å². The van der Waals surface area contributed by atoms with Crippen molar-refractivity contribution in [1.82, 2.24) is 9.97 Å². The molecule has 2 heterocycles. The Morgan fingerprint density at radius 3 is 2.58 bits per heavy atom. The summed E-state index contributed by atoms with van der Waals surface area (Å²) in [4.78, 5) is 10.1. The third-order valence-corrected chi connectivity index (χ3v) is 6.84. The second-order valence-corrected chi connectivity index (χ2v) is 8.83. The van der Waals surface area contributed by atoms with Gasteiger partial charge in [-0.3, -0.25) is 0 Å². The highest BCUT2D eigenvalue weighted by atomic mass is 127. The number of thiophene rings is 1. The molecule has 0 saturated heterocycles. The fourth-order valence-electron chi connectivity index (χ4n) is 1.60. The normalized spacial score (nSPS) is 11.3. The first-order valence-corrected chi connectivity index (χ1v) is 9.13. The van der Waals surface area contributed by atoms with Crippen LogP contribution < -0.4 is 5.73 Å². The Kier molecular flexibility index (Phi) is 5.24. The number of hydrogen-bond donors (Lipinski definition) is 1. The van der Waals surface area contributed by atoms with Crippen molar-refractivity contribution in [2.24, 2.45) is 5.92 Å². The first kappa shape index (κ1) is 15.7. The Hall–Kier alpha value is 0.270. The van der Waals surface area contributed by atoms with Crippen molar-refractivity contribution in [1.29, 1.82) is 0 Å². The van der Waals surface area contributed by atoms with Gasteiger partial charge in [-0.15, -0.1) is 11.3 Å². The molecule has 0 aromatic carbocycles. The van der Waals surface area contributed by atoms with Crippen LogP contribution in [0.1, 0.15) is 19.5 Å². The average molecular weight is 517 g/mol. The van der Waals surface area contributed by atoms with Crippen LogP contribution in [0.25, 0.3) is 10.7 Å². The molecule has 0 aliphatic heterocycles. The molecule has 0 unspecified atom stereocenters. The molecule has 2 aromatic rings. The monoisotopic (exact) mass is 515 g/mol. The Bertz CT molecular complexity index is 594. The predicted molar refractivity (Wildman–Crippen MR) is 96.4 cm³/mol. The third-order valence-electron chi connectivity index (χ3n) is 2.41. The maximum atomic E-state index is 6.00. The maximum Gasteiger partial charge on any atom is 0.172 e. The summed E-state index contributed by atoms with van der Waals surface area (Å²) in [6.45, 7) is 4.35. The number of nitrogens with two attached hydrogens (primary N) is 1. The minimum absolute atomic E-state index is 0.539. The molecule has 0 aliphatic carbocycles. The number of rotatable bonds is 3. The van der Waals surface area contributed by atoms with Crippen molar-refractivity contribution < 1.29 is 0 Å². The fourth-order valence-corrected chi connectivity index (χ4v) is 4.03. The lowest BCUT2D eigenvalue weighted by atomic mass is 10.1. The fraction of sp³-hybridized carbons (Fsp3) is 0.333. The maximum absolute atomic E-state index is 6.00. The molecule has 102 valence electrons. The molecule has 0 amide bonds. The largest absolute Gasteiger partial charge is 0.383 e. The van der Waals surface area contributed by atoms with Crippen molar-refractivity contribution >= 4 is 71.6 Å². The molecule has 0 atom stereocenters. The van der Waals surface area contributed by atoms with Gasteiger partial charge in [0.2, 0.25) is 0 Å². The molecular formula is C12H12Br2IN3S. The first-order valence-electron chi connectivity index (χ1n) is 5.65. The van der Waals surface area contributed by atoms with Crippen molar-refractivity contribution in [2.75, 3.05) is 5.73 Å². The zero-order valence-electron chi connectivity index (χ0n) is 10.4. The third kappa shape index (κ3) is 3.68. The first-order chi connectivity index (χ1) is 8.88. The molecule has 7 heteroatoms. The predicted octanol–water partition coefficient (Wildman–Crippen LogP) is 5.12. The summed E-state index contributed by atoms with van der Waals surface area (Å²) in [5, 5.41) is 0. The van der Waals surface area contributed by atoms with E-state index in [4.69, 9.17) is 5.73 Å². The summed E-state index contributed by atoms with van der Waals surface area (Å²) >= 11 is 10.8. The van der Waals surface area contributed by atoms with E-state index in [0.717, 1.165) is 28.8 Å². The van der Waals surface area contributed by atoms with Gasteiger partial charge < -0.3 is 5.73 Å². The molecule has 19 heavy (non-hydrogen) atoms. The van der Waals surface area contributed by atoms with Crippen LogP contribution in [0.2, 0.25) is 0 Å². The van der Waals surface area contributed by atoms with Gasteiger partial charge in [-0.25, -0.2) is 9.97 Å². The molecule has 3 nitrogen and oxygen atoms in total. The SMILES string of the molecule is CC(C)Cc1nc(-c2cc(Br)c(Br)s2)nc(N)c1I. The van der Waals surface area contributed by atoms with E-state index < -0.39 is 0 Å². The van der Waals surface area contributed by atoms with E-state index in [1.165, 1.54) is 0 Å². The molecule has 0 fully saturated rings. The lowest BCUT2D eigenvalue weighted by Crippen LogP contribution is -2.07. The molecular weight excluding hydrogens is 505 g/mol. The molecule has 0 aliphatic rings. The summed E-state index contributed by atoms with van der Waals surface area (Å²) in [6, 6.07) is 2.01. The molecule has 0 saturated carbocycles. The topological polar surface area (TPSA) is 51.8 Å². The minimum atomic E-state index is 0.539. The molecule has 2 aromatic heterocycles. The molecule has 0 bridgehead atoms. The zero-order chi connectivity index (χ0) is 14.2. The Labute approximate surface area is 146 Å². The van der Waals surface area contributed by atoms with Crippen LogP contribution in [-0.2, 0) is 6.42 Å². The zero-order valence-corrected chi connectivity index (χ0v) is 16.5. The number of anilines is 1. The van der Waals surface area contributed by atoms with Crippen LogP contribution >= 0.6 is 65.8 Å².